The maximum Gasteiger partial charge on any atom is 0.191 e. The molecule has 0 saturated carbocycles. The predicted molar refractivity (Wildman–Crippen MR) is 122 cm³/mol. The van der Waals surface area contributed by atoms with Gasteiger partial charge in [-0.25, -0.2) is 9.98 Å². The topological polar surface area (TPSA) is 65.7 Å². The highest BCUT2D eigenvalue weighted by Crippen LogP contribution is 2.22. The van der Waals surface area contributed by atoms with Gasteiger partial charge in [-0.05, 0) is 36.8 Å². The molecule has 0 unspecified atom stereocenters. The first-order valence-electron chi connectivity index (χ1n) is 8.78. The third-order valence-corrected chi connectivity index (χ3v) is 4.01. The zero-order valence-electron chi connectivity index (χ0n) is 15.9. The van der Waals surface area contributed by atoms with E-state index in [0.717, 1.165) is 40.5 Å². The minimum absolute atomic E-state index is 0. The molecule has 2 N–H and O–H groups in total. The van der Waals surface area contributed by atoms with Crippen LogP contribution in [0.25, 0.3) is 10.9 Å². The lowest BCUT2D eigenvalue weighted by Gasteiger charge is -2.15. The lowest BCUT2D eigenvalue weighted by atomic mass is 10.1. The van der Waals surface area contributed by atoms with E-state index in [1.54, 1.807) is 6.26 Å². The molecule has 0 saturated heterocycles. The lowest BCUT2D eigenvalue weighted by Crippen LogP contribution is -2.36. The maximum atomic E-state index is 5.37. The highest BCUT2D eigenvalue weighted by Gasteiger charge is 2.07. The van der Waals surface area contributed by atoms with Crippen molar-refractivity contribution in [2.75, 3.05) is 25.5 Å². The van der Waals surface area contributed by atoms with Crippen molar-refractivity contribution in [2.45, 2.75) is 20.0 Å². The molecule has 6 nitrogen and oxygen atoms in total. The fourth-order valence-corrected chi connectivity index (χ4v) is 2.68. The molecule has 0 aliphatic heterocycles. The second-order valence-corrected chi connectivity index (χ2v) is 6.18. The molecule has 2 heterocycles. The number of rotatable bonds is 6. The second kappa shape index (κ2) is 10.1. The van der Waals surface area contributed by atoms with Crippen molar-refractivity contribution in [3.8, 4) is 0 Å². The van der Waals surface area contributed by atoms with Gasteiger partial charge in [-0.1, -0.05) is 18.2 Å². The Kier molecular flexibility index (Phi) is 7.90. The third-order valence-electron chi connectivity index (χ3n) is 4.01. The number of furan rings is 1. The summed E-state index contributed by atoms with van der Waals surface area (Å²) in [6, 6.07) is 14.1. The Labute approximate surface area is 177 Å². The standard InChI is InChI=1S/C20H25N5O.HI/c1-4-21-20(23-14-16-8-7-11-26-16)22-13-15-12-19(25(2)3)24-18-10-6-5-9-17(15)18;/h5-12H,4,13-14H2,1-3H3,(H2,21,22,23);1H. The average Bonchev–Trinajstić information content (AvgIpc) is 3.17. The number of guanidine groups is 1. The average molecular weight is 479 g/mol. The van der Waals surface area contributed by atoms with Gasteiger partial charge in [0.25, 0.3) is 0 Å². The van der Waals surface area contributed by atoms with E-state index in [2.05, 4.69) is 29.7 Å². The van der Waals surface area contributed by atoms with Crippen molar-refractivity contribution in [2.24, 2.45) is 4.99 Å². The van der Waals surface area contributed by atoms with Crippen LogP contribution in [0, 0.1) is 0 Å². The predicted octanol–water partition coefficient (Wildman–Crippen LogP) is 3.77. The lowest BCUT2D eigenvalue weighted by molar-refractivity contribution is 0.501. The molecule has 0 spiro atoms. The van der Waals surface area contributed by atoms with Gasteiger partial charge >= 0.3 is 0 Å². The fourth-order valence-electron chi connectivity index (χ4n) is 2.68. The van der Waals surface area contributed by atoms with Crippen LogP contribution in [0.4, 0.5) is 5.82 Å². The molecule has 0 aliphatic rings. The van der Waals surface area contributed by atoms with E-state index in [0.29, 0.717) is 13.1 Å². The molecule has 0 atom stereocenters. The minimum atomic E-state index is 0. The van der Waals surface area contributed by atoms with Gasteiger partial charge in [0.05, 0.1) is 24.9 Å². The van der Waals surface area contributed by atoms with Gasteiger partial charge in [0.2, 0.25) is 0 Å². The number of hydrogen-bond acceptors (Lipinski definition) is 4. The highest BCUT2D eigenvalue weighted by atomic mass is 127. The maximum absolute atomic E-state index is 5.37. The van der Waals surface area contributed by atoms with Crippen LogP contribution in [0.3, 0.4) is 0 Å². The summed E-state index contributed by atoms with van der Waals surface area (Å²) in [5, 5.41) is 7.70. The molecule has 2 aromatic heterocycles. The molecule has 3 aromatic rings. The number of nitrogens with one attached hydrogen (secondary N) is 2. The summed E-state index contributed by atoms with van der Waals surface area (Å²) in [5.41, 5.74) is 2.13. The van der Waals surface area contributed by atoms with E-state index in [-0.39, 0.29) is 24.0 Å². The molecule has 0 amide bonds. The number of halogens is 1. The SMILES string of the molecule is CCNC(=NCc1cc(N(C)C)nc2ccccc12)NCc1ccco1.I. The van der Waals surface area contributed by atoms with Gasteiger partial charge in [0, 0.05) is 26.0 Å². The zero-order chi connectivity index (χ0) is 18.4. The molecule has 1 aromatic carbocycles. The zero-order valence-corrected chi connectivity index (χ0v) is 18.2. The summed E-state index contributed by atoms with van der Waals surface area (Å²) in [4.78, 5) is 11.5. The number of para-hydroxylation sites is 1. The molecule has 0 aliphatic carbocycles. The van der Waals surface area contributed by atoms with Crippen molar-refractivity contribution < 1.29 is 4.42 Å². The molecule has 0 fully saturated rings. The Morgan fingerprint density at radius 1 is 1.15 bits per heavy atom. The van der Waals surface area contributed by atoms with E-state index in [1.807, 2.05) is 49.3 Å². The summed E-state index contributed by atoms with van der Waals surface area (Å²) >= 11 is 0. The number of benzene rings is 1. The molecular formula is C20H26IN5O. The van der Waals surface area contributed by atoms with Gasteiger partial charge < -0.3 is 20.0 Å². The van der Waals surface area contributed by atoms with Crippen LogP contribution in [0.1, 0.15) is 18.2 Å². The van der Waals surface area contributed by atoms with Crippen LogP contribution in [-0.4, -0.2) is 31.6 Å². The van der Waals surface area contributed by atoms with Crippen LogP contribution in [0.15, 0.2) is 58.1 Å². The van der Waals surface area contributed by atoms with Gasteiger partial charge in [-0.15, -0.1) is 24.0 Å². The van der Waals surface area contributed by atoms with E-state index < -0.39 is 0 Å². The van der Waals surface area contributed by atoms with E-state index in [4.69, 9.17) is 14.4 Å². The number of aromatic nitrogens is 1. The van der Waals surface area contributed by atoms with Crippen LogP contribution >= 0.6 is 24.0 Å². The summed E-state index contributed by atoms with van der Waals surface area (Å²) in [6.45, 7) is 4.01. The van der Waals surface area contributed by atoms with Crippen molar-refractivity contribution in [1.82, 2.24) is 15.6 Å². The fraction of sp³-hybridized carbons (Fsp3) is 0.300. The number of nitrogens with zero attached hydrogens (tertiary/aromatic N) is 3. The van der Waals surface area contributed by atoms with Gasteiger partial charge in [-0.2, -0.15) is 0 Å². The quantitative estimate of drug-likeness (QED) is 0.320. The van der Waals surface area contributed by atoms with Crippen molar-refractivity contribution >= 4 is 46.7 Å². The smallest absolute Gasteiger partial charge is 0.191 e. The van der Waals surface area contributed by atoms with Crippen molar-refractivity contribution in [1.29, 1.82) is 0 Å². The molecular weight excluding hydrogens is 453 g/mol. The summed E-state index contributed by atoms with van der Waals surface area (Å²) < 4.78 is 5.37. The van der Waals surface area contributed by atoms with Gasteiger partial charge in [-0.3, -0.25) is 0 Å². The van der Waals surface area contributed by atoms with E-state index >= 15 is 0 Å². The summed E-state index contributed by atoms with van der Waals surface area (Å²) in [6.07, 6.45) is 1.67. The first-order chi connectivity index (χ1) is 12.7. The molecule has 27 heavy (non-hydrogen) atoms. The number of pyridine rings is 1. The highest BCUT2D eigenvalue weighted by molar-refractivity contribution is 14.0. The summed E-state index contributed by atoms with van der Waals surface area (Å²) in [5.74, 6) is 2.57. The van der Waals surface area contributed by atoms with Crippen LogP contribution in [0.2, 0.25) is 0 Å². The number of anilines is 1. The van der Waals surface area contributed by atoms with Crippen LogP contribution in [0.5, 0.6) is 0 Å². The Morgan fingerprint density at radius 2 is 1.96 bits per heavy atom. The first-order valence-corrected chi connectivity index (χ1v) is 8.78. The first kappa shape index (κ1) is 21.0. The summed E-state index contributed by atoms with van der Waals surface area (Å²) in [7, 11) is 4.00. The van der Waals surface area contributed by atoms with E-state index in [1.165, 1.54) is 0 Å². The van der Waals surface area contributed by atoms with E-state index in [9.17, 15) is 0 Å². The monoisotopic (exact) mass is 479 g/mol. The third kappa shape index (κ3) is 5.59. The molecule has 0 radical (unpaired) electrons. The number of hydrogen-bond donors (Lipinski definition) is 2. The Hall–Kier alpha value is -2.29. The van der Waals surface area contributed by atoms with Gasteiger partial charge in [0.1, 0.15) is 11.6 Å². The van der Waals surface area contributed by atoms with Crippen LogP contribution in [-0.2, 0) is 13.1 Å². The molecule has 7 heteroatoms. The minimum Gasteiger partial charge on any atom is -0.467 e. The largest absolute Gasteiger partial charge is 0.467 e. The van der Waals surface area contributed by atoms with Gasteiger partial charge in [0.15, 0.2) is 5.96 Å². The Morgan fingerprint density at radius 3 is 2.67 bits per heavy atom. The normalized spacial score (nSPS) is 11.1. The Bertz CT molecular complexity index is 877. The second-order valence-electron chi connectivity index (χ2n) is 6.18. The van der Waals surface area contributed by atoms with Crippen molar-refractivity contribution in [3.63, 3.8) is 0 Å². The van der Waals surface area contributed by atoms with Crippen LogP contribution < -0.4 is 15.5 Å². The van der Waals surface area contributed by atoms with Crippen molar-refractivity contribution in [3.05, 3.63) is 60.1 Å². The Balaban J connectivity index is 0.00000261. The number of aliphatic imine (C=N–C) groups is 1. The molecule has 0 bridgehead atoms. The molecule has 144 valence electrons. The molecule has 3 rings (SSSR count). The number of fused-ring (bicyclic) bond motifs is 1.